The number of halogens is 1. The number of aliphatic hydroxyl groups excluding tert-OH is 2. The Bertz CT molecular complexity index is 644. The topological polar surface area (TPSA) is 74.6 Å². The molecular formula is C18H21FN2O3. The van der Waals surface area contributed by atoms with Crippen molar-refractivity contribution in [1.82, 2.24) is 4.98 Å². The second-order valence-electron chi connectivity index (χ2n) is 5.24. The first-order valence-corrected chi connectivity index (χ1v) is 7.59. The summed E-state index contributed by atoms with van der Waals surface area (Å²) in [7, 11) is 1.87. The summed E-state index contributed by atoms with van der Waals surface area (Å²) in [6.45, 7) is -1.23. The number of ether oxygens (including phenoxy) is 1. The third kappa shape index (κ3) is 5.33. The molecule has 2 unspecified atom stereocenters. The SMILES string of the molecule is CNc1ccc(/C=C/c2ccc(OCC(O)C(O)CF)nc2)cc1. The first kappa shape index (κ1) is 17.9. The zero-order valence-corrected chi connectivity index (χ0v) is 13.4. The van der Waals surface area contributed by atoms with Crippen LogP contribution in [0.1, 0.15) is 11.1 Å². The van der Waals surface area contributed by atoms with E-state index in [0.717, 1.165) is 16.8 Å². The Morgan fingerprint density at radius 2 is 1.75 bits per heavy atom. The molecule has 0 aliphatic carbocycles. The second-order valence-corrected chi connectivity index (χ2v) is 5.24. The third-order valence-corrected chi connectivity index (χ3v) is 3.43. The minimum Gasteiger partial charge on any atom is -0.475 e. The highest BCUT2D eigenvalue weighted by Crippen LogP contribution is 2.14. The van der Waals surface area contributed by atoms with Crippen molar-refractivity contribution >= 4 is 17.8 Å². The van der Waals surface area contributed by atoms with Crippen LogP contribution in [-0.4, -0.2) is 47.7 Å². The molecule has 2 aromatic rings. The Labute approximate surface area is 140 Å². The third-order valence-electron chi connectivity index (χ3n) is 3.43. The molecule has 2 atom stereocenters. The minimum atomic E-state index is -1.44. The second kappa shape index (κ2) is 9.00. The van der Waals surface area contributed by atoms with Crippen molar-refractivity contribution in [2.45, 2.75) is 12.2 Å². The first-order valence-electron chi connectivity index (χ1n) is 7.59. The van der Waals surface area contributed by atoms with Gasteiger partial charge in [0.1, 0.15) is 25.5 Å². The van der Waals surface area contributed by atoms with Crippen molar-refractivity contribution < 1.29 is 19.3 Å². The van der Waals surface area contributed by atoms with Gasteiger partial charge in [-0.05, 0) is 29.3 Å². The van der Waals surface area contributed by atoms with E-state index >= 15 is 0 Å². The zero-order valence-electron chi connectivity index (χ0n) is 13.4. The van der Waals surface area contributed by atoms with E-state index < -0.39 is 18.9 Å². The van der Waals surface area contributed by atoms with Crippen molar-refractivity contribution in [2.75, 3.05) is 25.6 Å². The van der Waals surface area contributed by atoms with Gasteiger partial charge in [-0.3, -0.25) is 0 Å². The number of pyridine rings is 1. The number of aliphatic hydroxyl groups is 2. The maximum absolute atomic E-state index is 12.2. The van der Waals surface area contributed by atoms with Gasteiger partial charge in [-0.1, -0.05) is 24.3 Å². The number of nitrogens with zero attached hydrogens (tertiary/aromatic N) is 1. The summed E-state index contributed by atoms with van der Waals surface area (Å²) in [4.78, 5) is 4.11. The molecule has 1 aromatic carbocycles. The van der Waals surface area contributed by atoms with Crippen molar-refractivity contribution in [3.8, 4) is 5.88 Å². The van der Waals surface area contributed by atoms with Gasteiger partial charge in [0.15, 0.2) is 0 Å². The molecule has 0 fully saturated rings. The van der Waals surface area contributed by atoms with E-state index in [-0.39, 0.29) is 6.61 Å². The number of benzene rings is 1. The molecule has 24 heavy (non-hydrogen) atoms. The summed E-state index contributed by atoms with van der Waals surface area (Å²) in [6, 6.07) is 11.5. The monoisotopic (exact) mass is 332 g/mol. The van der Waals surface area contributed by atoms with Gasteiger partial charge < -0.3 is 20.3 Å². The normalized spacial score (nSPS) is 13.7. The molecule has 0 saturated carbocycles. The van der Waals surface area contributed by atoms with Crippen LogP contribution < -0.4 is 10.1 Å². The fourth-order valence-corrected chi connectivity index (χ4v) is 1.91. The molecule has 1 heterocycles. The summed E-state index contributed by atoms with van der Waals surface area (Å²) in [6.07, 6.45) is 2.80. The fourth-order valence-electron chi connectivity index (χ4n) is 1.91. The molecule has 5 nitrogen and oxygen atoms in total. The van der Waals surface area contributed by atoms with Gasteiger partial charge in [0, 0.05) is 25.0 Å². The Hall–Kier alpha value is -2.44. The van der Waals surface area contributed by atoms with Gasteiger partial charge in [0.05, 0.1) is 0 Å². The van der Waals surface area contributed by atoms with Crippen LogP contribution in [0.15, 0.2) is 42.6 Å². The molecule has 1 aromatic heterocycles. The maximum Gasteiger partial charge on any atom is 0.213 e. The number of hydrogen-bond donors (Lipinski definition) is 3. The van der Waals surface area contributed by atoms with E-state index in [9.17, 15) is 9.50 Å². The van der Waals surface area contributed by atoms with Crippen LogP contribution in [0.5, 0.6) is 5.88 Å². The summed E-state index contributed by atoms with van der Waals surface area (Å²) in [5, 5.41) is 21.6. The molecular weight excluding hydrogens is 311 g/mol. The molecule has 0 radical (unpaired) electrons. The van der Waals surface area contributed by atoms with Crippen LogP contribution in [0.25, 0.3) is 12.2 Å². The Balaban J connectivity index is 1.90. The summed E-state index contributed by atoms with van der Waals surface area (Å²) >= 11 is 0. The lowest BCUT2D eigenvalue weighted by atomic mass is 10.1. The Kier molecular flexibility index (Phi) is 6.72. The quantitative estimate of drug-likeness (QED) is 0.692. The first-order chi connectivity index (χ1) is 11.6. The van der Waals surface area contributed by atoms with Crippen molar-refractivity contribution in [3.63, 3.8) is 0 Å². The standard InChI is InChI=1S/C18H21FN2O3/c1-20-15-7-4-13(5-8-15)2-3-14-6-9-18(21-11-14)24-12-17(23)16(22)10-19/h2-9,11,16-17,20,22-23H,10,12H2,1H3/b3-2+. The Morgan fingerprint density at radius 1 is 1.08 bits per heavy atom. The predicted molar refractivity (Wildman–Crippen MR) is 92.6 cm³/mol. The maximum atomic E-state index is 12.2. The number of anilines is 1. The highest BCUT2D eigenvalue weighted by molar-refractivity contribution is 5.70. The number of aromatic nitrogens is 1. The molecule has 0 aliphatic rings. The summed E-state index contributed by atoms with van der Waals surface area (Å²) < 4.78 is 17.4. The van der Waals surface area contributed by atoms with Gasteiger partial charge in [-0.15, -0.1) is 0 Å². The van der Waals surface area contributed by atoms with Crippen LogP contribution in [0.2, 0.25) is 0 Å². The average molecular weight is 332 g/mol. The van der Waals surface area contributed by atoms with Gasteiger partial charge in [-0.25, -0.2) is 9.37 Å². The number of alkyl halides is 1. The van der Waals surface area contributed by atoms with E-state index in [0.29, 0.717) is 5.88 Å². The van der Waals surface area contributed by atoms with Gasteiger partial charge in [0.25, 0.3) is 0 Å². The minimum absolute atomic E-state index is 0.217. The van der Waals surface area contributed by atoms with Crippen LogP contribution in [0.3, 0.4) is 0 Å². The van der Waals surface area contributed by atoms with Crippen molar-refractivity contribution in [3.05, 3.63) is 53.7 Å². The molecule has 0 saturated heterocycles. The predicted octanol–water partition coefficient (Wildman–Crippen LogP) is 2.36. The molecule has 0 amide bonds. The van der Waals surface area contributed by atoms with Gasteiger partial charge in [-0.2, -0.15) is 0 Å². The molecule has 3 N–H and O–H groups in total. The van der Waals surface area contributed by atoms with Crippen LogP contribution in [0, 0.1) is 0 Å². The largest absolute Gasteiger partial charge is 0.475 e. The smallest absolute Gasteiger partial charge is 0.213 e. The molecule has 2 rings (SSSR count). The van der Waals surface area contributed by atoms with E-state index in [2.05, 4.69) is 10.3 Å². The molecule has 0 aliphatic heterocycles. The number of hydrogen-bond acceptors (Lipinski definition) is 5. The average Bonchev–Trinajstić information content (AvgIpc) is 2.65. The Morgan fingerprint density at radius 3 is 2.33 bits per heavy atom. The highest BCUT2D eigenvalue weighted by atomic mass is 19.1. The lowest BCUT2D eigenvalue weighted by molar-refractivity contribution is -0.0194. The van der Waals surface area contributed by atoms with E-state index in [1.807, 2.05) is 49.5 Å². The fraction of sp³-hybridized carbons (Fsp3) is 0.278. The summed E-state index contributed by atoms with van der Waals surface area (Å²) in [5.74, 6) is 0.302. The molecule has 0 bridgehead atoms. The number of nitrogens with one attached hydrogen (secondary N) is 1. The lowest BCUT2D eigenvalue weighted by Crippen LogP contribution is -2.33. The molecule has 128 valence electrons. The molecule has 6 heteroatoms. The van der Waals surface area contributed by atoms with E-state index in [4.69, 9.17) is 9.84 Å². The van der Waals surface area contributed by atoms with Gasteiger partial charge in [0.2, 0.25) is 5.88 Å². The summed E-state index contributed by atoms with van der Waals surface area (Å²) in [5.41, 5.74) is 3.01. The van der Waals surface area contributed by atoms with Gasteiger partial charge >= 0.3 is 0 Å². The lowest BCUT2D eigenvalue weighted by Gasteiger charge is -2.14. The van der Waals surface area contributed by atoms with Crippen molar-refractivity contribution in [1.29, 1.82) is 0 Å². The zero-order chi connectivity index (χ0) is 17.4. The molecule has 0 spiro atoms. The van der Waals surface area contributed by atoms with E-state index in [1.54, 1.807) is 12.3 Å². The van der Waals surface area contributed by atoms with Crippen molar-refractivity contribution in [2.24, 2.45) is 0 Å². The van der Waals surface area contributed by atoms with Crippen LogP contribution in [-0.2, 0) is 0 Å². The number of rotatable bonds is 8. The van der Waals surface area contributed by atoms with Crippen LogP contribution in [0.4, 0.5) is 10.1 Å². The highest BCUT2D eigenvalue weighted by Gasteiger charge is 2.16. The van der Waals surface area contributed by atoms with Crippen LogP contribution >= 0.6 is 0 Å². The van der Waals surface area contributed by atoms with E-state index in [1.165, 1.54) is 0 Å².